The lowest BCUT2D eigenvalue weighted by Crippen LogP contribution is -2.49. The Hall–Kier alpha value is -1.78. The third-order valence-electron chi connectivity index (χ3n) is 4.44. The van der Waals surface area contributed by atoms with Gasteiger partial charge in [-0.15, -0.1) is 0 Å². The highest BCUT2D eigenvalue weighted by molar-refractivity contribution is 5.95. The summed E-state index contributed by atoms with van der Waals surface area (Å²) >= 11 is 0. The van der Waals surface area contributed by atoms with Gasteiger partial charge in [0, 0.05) is 39.1 Å². The molecular weight excluding hydrogens is 242 g/mol. The van der Waals surface area contributed by atoms with Crippen LogP contribution in [0.25, 0.3) is 0 Å². The highest BCUT2D eigenvalue weighted by atomic mass is 16.2. The van der Waals surface area contributed by atoms with E-state index < -0.39 is 0 Å². The van der Waals surface area contributed by atoms with E-state index in [0.717, 1.165) is 32.4 Å². The molecule has 0 bridgehead atoms. The molecule has 0 aromatic carbocycles. The van der Waals surface area contributed by atoms with Crippen molar-refractivity contribution in [3.05, 3.63) is 24.0 Å². The number of carbonyl (C=O) groups excluding carboxylic acids is 2. The number of hydrogen-bond acceptors (Lipinski definition) is 2. The zero-order valence-electron chi connectivity index (χ0n) is 11.2. The fourth-order valence-corrected chi connectivity index (χ4v) is 3.32. The van der Waals surface area contributed by atoms with Gasteiger partial charge in [-0.2, -0.15) is 0 Å². The smallest absolute Gasteiger partial charge is 0.255 e. The SMILES string of the molecule is CN1CCC2(CCCN(C(=O)c3cc[nH]c3)C2)C1=O. The Kier molecular flexibility index (Phi) is 2.84. The number of likely N-dealkylation sites (tertiary alicyclic amines) is 2. The number of nitrogens with one attached hydrogen (secondary N) is 1. The molecule has 3 heterocycles. The number of rotatable bonds is 1. The molecule has 1 aromatic heterocycles. The predicted molar refractivity (Wildman–Crippen MR) is 70.6 cm³/mol. The van der Waals surface area contributed by atoms with Crippen molar-refractivity contribution in [2.24, 2.45) is 5.41 Å². The van der Waals surface area contributed by atoms with E-state index in [1.807, 2.05) is 11.9 Å². The Labute approximate surface area is 112 Å². The minimum Gasteiger partial charge on any atom is -0.367 e. The Morgan fingerprint density at radius 2 is 2.21 bits per heavy atom. The number of H-pyrrole nitrogens is 1. The van der Waals surface area contributed by atoms with E-state index >= 15 is 0 Å². The van der Waals surface area contributed by atoms with Crippen LogP contribution in [0.15, 0.2) is 18.5 Å². The van der Waals surface area contributed by atoms with Crippen molar-refractivity contribution < 1.29 is 9.59 Å². The van der Waals surface area contributed by atoms with Crippen LogP contribution in [0.3, 0.4) is 0 Å². The molecule has 1 atom stereocenters. The number of hydrogen-bond donors (Lipinski definition) is 1. The van der Waals surface area contributed by atoms with Gasteiger partial charge in [0.25, 0.3) is 5.91 Å². The number of piperidine rings is 1. The van der Waals surface area contributed by atoms with Crippen LogP contribution in [0, 0.1) is 5.41 Å². The molecule has 19 heavy (non-hydrogen) atoms. The van der Waals surface area contributed by atoms with Crippen LogP contribution in [0.5, 0.6) is 0 Å². The first-order valence-electron chi connectivity index (χ1n) is 6.80. The molecule has 1 spiro atoms. The van der Waals surface area contributed by atoms with Crippen LogP contribution < -0.4 is 0 Å². The first kappa shape index (κ1) is 12.3. The molecule has 1 unspecified atom stereocenters. The Morgan fingerprint density at radius 3 is 2.84 bits per heavy atom. The van der Waals surface area contributed by atoms with Crippen molar-refractivity contribution in [3.8, 4) is 0 Å². The summed E-state index contributed by atoms with van der Waals surface area (Å²) in [7, 11) is 1.85. The Bertz CT molecular complexity index is 493. The molecule has 1 aromatic rings. The highest BCUT2D eigenvalue weighted by Crippen LogP contribution is 2.39. The summed E-state index contributed by atoms with van der Waals surface area (Å²) in [4.78, 5) is 31.2. The fourth-order valence-electron chi connectivity index (χ4n) is 3.32. The van der Waals surface area contributed by atoms with E-state index in [0.29, 0.717) is 12.1 Å². The lowest BCUT2D eigenvalue weighted by molar-refractivity contribution is -0.137. The quantitative estimate of drug-likeness (QED) is 0.823. The maximum absolute atomic E-state index is 12.4. The van der Waals surface area contributed by atoms with E-state index in [1.54, 1.807) is 23.4 Å². The third kappa shape index (κ3) is 1.93. The van der Waals surface area contributed by atoms with Gasteiger partial charge in [-0.3, -0.25) is 9.59 Å². The summed E-state index contributed by atoms with van der Waals surface area (Å²) in [5.41, 5.74) is 0.356. The summed E-state index contributed by atoms with van der Waals surface area (Å²) in [6.07, 6.45) is 6.16. The average Bonchev–Trinajstić information content (AvgIpc) is 3.04. The van der Waals surface area contributed by atoms with Gasteiger partial charge in [0.05, 0.1) is 11.0 Å². The van der Waals surface area contributed by atoms with Crippen molar-refractivity contribution in [1.82, 2.24) is 14.8 Å². The van der Waals surface area contributed by atoms with Crippen molar-refractivity contribution in [3.63, 3.8) is 0 Å². The maximum Gasteiger partial charge on any atom is 0.255 e. The standard InChI is InChI=1S/C14H19N3O2/c1-16-8-5-14(13(16)19)4-2-7-17(10-14)12(18)11-3-6-15-9-11/h3,6,9,15H,2,4-5,7-8,10H2,1H3. The van der Waals surface area contributed by atoms with Gasteiger partial charge in [0.1, 0.15) is 0 Å². The molecule has 2 aliphatic heterocycles. The van der Waals surface area contributed by atoms with Crippen LogP contribution >= 0.6 is 0 Å². The van der Waals surface area contributed by atoms with Crippen LogP contribution in [0.1, 0.15) is 29.6 Å². The highest BCUT2D eigenvalue weighted by Gasteiger charge is 2.48. The van der Waals surface area contributed by atoms with Gasteiger partial charge in [0.2, 0.25) is 5.91 Å². The van der Waals surface area contributed by atoms with Gasteiger partial charge in [0.15, 0.2) is 0 Å². The number of aromatic amines is 1. The largest absolute Gasteiger partial charge is 0.367 e. The molecule has 0 aliphatic carbocycles. The van der Waals surface area contributed by atoms with Crippen LogP contribution in [0.2, 0.25) is 0 Å². The van der Waals surface area contributed by atoms with E-state index in [-0.39, 0.29) is 17.2 Å². The van der Waals surface area contributed by atoms with Crippen molar-refractivity contribution in [1.29, 1.82) is 0 Å². The van der Waals surface area contributed by atoms with Crippen LogP contribution in [0.4, 0.5) is 0 Å². The van der Waals surface area contributed by atoms with E-state index in [4.69, 9.17) is 0 Å². The summed E-state index contributed by atoms with van der Waals surface area (Å²) in [6, 6.07) is 1.78. The number of amides is 2. The molecule has 2 fully saturated rings. The lowest BCUT2D eigenvalue weighted by atomic mass is 9.78. The Morgan fingerprint density at radius 1 is 1.37 bits per heavy atom. The van der Waals surface area contributed by atoms with Gasteiger partial charge in [-0.05, 0) is 25.3 Å². The normalized spacial score (nSPS) is 27.3. The molecule has 2 aliphatic rings. The van der Waals surface area contributed by atoms with E-state index in [1.165, 1.54) is 0 Å². The predicted octanol–water partition coefficient (Wildman–Crippen LogP) is 1.10. The first-order chi connectivity index (χ1) is 9.12. The second-order valence-electron chi connectivity index (χ2n) is 5.69. The average molecular weight is 261 g/mol. The lowest BCUT2D eigenvalue weighted by Gasteiger charge is -2.38. The minimum atomic E-state index is -0.320. The van der Waals surface area contributed by atoms with Gasteiger partial charge in [-0.1, -0.05) is 0 Å². The molecule has 0 radical (unpaired) electrons. The minimum absolute atomic E-state index is 0.0303. The zero-order chi connectivity index (χ0) is 13.5. The molecule has 2 amide bonds. The van der Waals surface area contributed by atoms with Crippen molar-refractivity contribution in [2.45, 2.75) is 19.3 Å². The molecule has 102 valence electrons. The van der Waals surface area contributed by atoms with Gasteiger partial charge in [-0.25, -0.2) is 0 Å². The molecule has 3 rings (SSSR count). The van der Waals surface area contributed by atoms with E-state index in [9.17, 15) is 9.59 Å². The van der Waals surface area contributed by atoms with Crippen molar-refractivity contribution in [2.75, 3.05) is 26.7 Å². The first-order valence-corrected chi connectivity index (χ1v) is 6.80. The van der Waals surface area contributed by atoms with Gasteiger partial charge < -0.3 is 14.8 Å². The summed E-state index contributed by atoms with van der Waals surface area (Å²) in [5, 5.41) is 0. The maximum atomic E-state index is 12.4. The van der Waals surface area contributed by atoms with Crippen molar-refractivity contribution >= 4 is 11.8 Å². The third-order valence-corrected chi connectivity index (χ3v) is 4.44. The number of nitrogens with zero attached hydrogens (tertiary/aromatic N) is 2. The fraction of sp³-hybridized carbons (Fsp3) is 0.571. The molecule has 1 N–H and O–H groups in total. The Balaban J connectivity index is 1.79. The molecule has 2 saturated heterocycles. The monoisotopic (exact) mass is 261 g/mol. The molecule has 0 saturated carbocycles. The van der Waals surface area contributed by atoms with Crippen LogP contribution in [-0.2, 0) is 4.79 Å². The second-order valence-corrected chi connectivity index (χ2v) is 5.69. The number of aromatic nitrogens is 1. The summed E-state index contributed by atoms with van der Waals surface area (Å²) < 4.78 is 0. The summed E-state index contributed by atoms with van der Waals surface area (Å²) in [6.45, 7) is 2.13. The van der Waals surface area contributed by atoms with Gasteiger partial charge >= 0.3 is 0 Å². The molecular formula is C14H19N3O2. The second kappa shape index (κ2) is 4.40. The zero-order valence-corrected chi connectivity index (χ0v) is 11.2. The molecule has 5 heteroatoms. The summed E-state index contributed by atoms with van der Waals surface area (Å²) in [5.74, 6) is 0.238. The number of carbonyl (C=O) groups is 2. The molecule has 5 nitrogen and oxygen atoms in total. The topological polar surface area (TPSA) is 56.4 Å². The van der Waals surface area contributed by atoms with Crippen LogP contribution in [-0.4, -0.2) is 53.3 Å². The van der Waals surface area contributed by atoms with E-state index in [2.05, 4.69) is 4.98 Å².